The molecule has 4 aliphatic carbocycles. The number of aliphatic hydroxyl groups excluding tert-OH is 22. The summed E-state index contributed by atoms with van der Waals surface area (Å²) >= 11 is 0. The molecule has 0 radical (unpaired) electrons. The fourth-order valence-corrected chi connectivity index (χ4v) is 17.8. The predicted molar refractivity (Wildman–Crippen MR) is 436 cm³/mol. The van der Waals surface area contributed by atoms with Crippen LogP contribution in [-0.4, -0.2) is 414 Å². The number of benzene rings is 4. The predicted octanol–water partition coefficient (Wildman–Crippen LogP) is -8.64. The van der Waals surface area contributed by atoms with E-state index in [1.807, 2.05) is 84.9 Å². The summed E-state index contributed by atoms with van der Waals surface area (Å²) in [6.45, 7) is 3.24. The molecule has 10 aliphatic rings. The number of hydrogen-bond acceptors (Lipinski definition) is 41. The zero-order valence-electron chi connectivity index (χ0n) is 70.5. The first-order valence-electron chi connectivity index (χ1n) is 42.5. The number of amides is 1. The number of fused-ring (bicyclic) bond motifs is 6. The first-order valence-corrected chi connectivity index (χ1v) is 42.5. The van der Waals surface area contributed by atoms with Crippen LogP contribution in [0, 0.1) is 0 Å². The van der Waals surface area contributed by atoms with E-state index in [-0.39, 0.29) is 50.7 Å². The highest BCUT2D eigenvalue weighted by Crippen LogP contribution is 2.47. The van der Waals surface area contributed by atoms with Crippen LogP contribution in [0.15, 0.2) is 120 Å². The van der Waals surface area contributed by atoms with Gasteiger partial charge in [-0.2, -0.15) is 0 Å². The van der Waals surface area contributed by atoms with Gasteiger partial charge in [-0.15, -0.1) is 0 Å². The Morgan fingerprint density at radius 2 is 0.674 bits per heavy atom. The van der Waals surface area contributed by atoms with Crippen LogP contribution in [0.3, 0.4) is 0 Å². The van der Waals surface area contributed by atoms with Crippen LogP contribution in [0.25, 0.3) is 22.3 Å². The van der Waals surface area contributed by atoms with Crippen LogP contribution in [0.2, 0.25) is 0 Å². The van der Waals surface area contributed by atoms with Gasteiger partial charge >= 0.3 is 17.9 Å². The number of carbonyl (C=O) groups is 4. The van der Waals surface area contributed by atoms with Crippen LogP contribution in [-0.2, 0) is 76.0 Å². The second-order valence-corrected chi connectivity index (χ2v) is 33.7. The molecule has 4 aromatic rings. The van der Waals surface area contributed by atoms with Gasteiger partial charge in [-0.3, -0.25) is 19.2 Å². The lowest BCUT2D eigenvalue weighted by Gasteiger charge is -2.49. The summed E-state index contributed by atoms with van der Waals surface area (Å²) < 4.78 is 67.3. The summed E-state index contributed by atoms with van der Waals surface area (Å²) in [5.74, 6) is -3.02. The van der Waals surface area contributed by atoms with E-state index in [1.165, 1.54) is 37.1 Å². The molecule has 6 heterocycles. The second kappa shape index (κ2) is 44.3. The zero-order valence-corrected chi connectivity index (χ0v) is 70.5. The van der Waals surface area contributed by atoms with Gasteiger partial charge in [0.25, 0.3) is 0 Å². The standard InChI is InChI=1S/C43H58N2O19.C25H44N2O16.C18H16O4/c1-17-13-24(31(51)33(53)30(17)50)44-29-18(2)60-42(37(57)32(29)52)63-40-26(15-47)62-43(38(58)35(40)55)64-39-25(14-46)61-41(36(56)34(39)54)45-27(48)11-12-28(49)59-16-23-21-9-5-3-7-19(21)20-8-4-6-10-22(20)23;1-6-3-8(13(31)15(33)12(6)30)27-11-7(2)39-24(19(37)14(11)32)42-22-10(5-29)41-25(20(38)17(22)35)43-21-9(4-28)40-23(26)18(36)16(21)34;19-17(20)9-10-18(21)22-11-16-14-7-3-1-5-12(14)13-6-2-4-8-15(13)16/h3-10,13,18,23-26,29-44,46-47,50-58H,11-12,14-16H2,1-2H3,(H,45,48);3,7-25,27-38H,4-5,26H2,1-2H3;1-8,16H,9-11H2,(H,19,20)/t18?,24-,25?,26?,29+,30+,31?,32-,33-,34+,35+,36?,37?,38?,39+,40+,41?,42+,43+;7?,8-,9?,10?,11+,12+,13?,14-,15-,16+,17+,18?,19?,20?,21+,22+,23?,24+,25+;/m11./s1. The molecule has 129 heavy (non-hydrogen) atoms. The van der Waals surface area contributed by atoms with Crippen molar-refractivity contribution in [1.29, 1.82) is 0 Å². The number of rotatable bonds is 27. The maximum Gasteiger partial charge on any atom is 0.306 e. The molecule has 716 valence electrons. The van der Waals surface area contributed by atoms with Crippen molar-refractivity contribution < 1.29 is 193 Å². The molecule has 6 saturated heterocycles. The number of aliphatic carboxylic acids is 1. The number of esters is 2. The maximum absolute atomic E-state index is 12.9. The molecule has 1 amide bonds. The lowest BCUT2D eigenvalue weighted by molar-refractivity contribution is -0.368. The molecule has 0 bridgehead atoms. The van der Waals surface area contributed by atoms with Gasteiger partial charge in [-0.05, 0) is 83.3 Å². The van der Waals surface area contributed by atoms with Crippen LogP contribution in [0.5, 0.6) is 0 Å². The normalized spacial score (nSPS) is 39.6. The summed E-state index contributed by atoms with van der Waals surface area (Å²) in [4.78, 5) is 47.8. The van der Waals surface area contributed by atoms with Gasteiger partial charge in [0.1, 0.15) is 178 Å². The highest BCUT2D eigenvalue weighted by Gasteiger charge is 2.57. The summed E-state index contributed by atoms with van der Waals surface area (Å²) in [5.41, 5.74) is 15.1. The monoisotopic (exact) mass is 1830 g/mol. The highest BCUT2D eigenvalue weighted by molar-refractivity contribution is 5.83. The Bertz CT molecular complexity index is 4350. The van der Waals surface area contributed by atoms with Crippen molar-refractivity contribution in [3.05, 3.63) is 143 Å². The largest absolute Gasteiger partial charge is 0.481 e. The Morgan fingerprint density at radius 1 is 0.364 bits per heavy atom. The molecule has 4 aromatic carbocycles. The molecule has 28 N–H and O–H groups in total. The zero-order chi connectivity index (χ0) is 93.6. The number of carboxylic acids is 1. The second-order valence-electron chi connectivity index (χ2n) is 33.7. The van der Waals surface area contributed by atoms with Crippen LogP contribution >= 0.6 is 0 Å². The highest BCUT2D eigenvalue weighted by atomic mass is 16.8. The van der Waals surface area contributed by atoms with Crippen molar-refractivity contribution in [3.8, 4) is 22.3 Å². The van der Waals surface area contributed by atoms with Gasteiger partial charge in [0, 0.05) is 18.3 Å². The Balaban J connectivity index is 0.000000198. The lowest BCUT2D eigenvalue weighted by atomic mass is 9.87. The molecule has 43 nitrogen and oxygen atoms in total. The third-order valence-corrected chi connectivity index (χ3v) is 25.1. The number of ether oxygens (including phenoxy) is 12. The molecule has 0 spiro atoms. The number of carbonyl (C=O) groups excluding carboxylic acids is 3. The first-order chi connectivity index (χ1) is 61.4. The Labute approximate surface area is 738 Å². The van der Waals surface area contributed by atoms with Crippen molar-refractivity contribution in [1.82, 2.24) is 16.0 Å². The van der Waals surface area contributed by atoms with Crippen molar-refractivity contribution in [2.24, 2.45) is 5.73 Å². The van der Waals surface area contributed by atoms with Gasteiger partial charge in [0.2, 0.25) is 5.91 Å². The van der Waals surface area contributed by atoms with E-state index in [0.29, 0.717) is 11.1 Å². The molecule has 6 aliphatic heterocycles. The minimum Gasteiger partial charge on any atom is -0.481 e. The molecule has 0 aromatic heterocycles. The van der Waals surface area contributed by atoms with E-state index in [4.69, 9.17) is 67.7 Å². The molecule has 43 heteroatoms. The third-order valence-electron chi connectivity index (χ3n) is 25.1. The van der Waals surface area contributed by atoms with Gasteiger partial charge in [0.05, 0.1) is 82.1 Å². The number of aliphatic hydroxyl groups is 22. The average molecular weight is 1830 g/mol. The van der Waals surface area contributed by atoms with Crippen molar-refractivity contribution in [2.75, 3.05) is 39.6 Å². The topological polar surface area (TPSA) is 706 Å². The smallest absolute Gasteiger partial charge is 0.306 e. The quantitative estimate of drug-likeness (QED) is 0.0195. The molecule has 0 saturated carbocycles. The molecule has 6 fully saturated rings. The fraction of sp³-hybridized carbons (Fsp3) is 0.628. The SMILES string of the molecule is CC1=C[C@@H](N[C@H]2C(C)O[C@@H](O[C@H]3C(CO)O[C@@H](O[C@H]4C(CO)OC(N)C(O)[C@@H]4O)C(O)[C@@H]3O)C(O)[C@@H]2O)C(O)[C@H](O)[C@H]1O.CC1=C[C@@H](N[C@H]2C(C)O[C@@H](O[C@H]3C(CO)O[C@@H](O[C@H]4C(CO)OC(NC(=O)CCC(=O)OCC5c6ccccc6-c6ccccc65)C(O)[C@@H]4O)C(O)[C@@H]3O)C(O)[C@@H]2O)C(O)[C@H](O)[C@H]1O.O=C(O)CCC(=O)OCC1c2ccccc2-c2ccccc21. The molecule has 16 unspecified atom stereocenters. The summed E-state index contributed by atoms with van der Waals surface area (Å²) in [6, 6.07) is 27.9. The number of carboxylic acid groups (broad SMARTS) is 1. The van der Waals surface area contributed by atoms with Crippen molar-refractivity contribution in [2.45, 2.75) is 298 Å². The lowest BCUT2D eigenvalue weighted by Crippen LogP contribution is -2.68. The van der Waals surface area contributed by atoms with E-state index in [2.05, 4.69) is 28.1 Å². The first kappa shape index (κ1) is 101. The molecule has 14 rings (SSSR count). The average Bonchev–Trinajstić information content (AvgIpc) is 1.72. The van der Waals surface area contributed by atoms with Crippen LogP contribution < -0.4 is 21.7 Å². The summed E-state index contributed by atoms with van der Waals surface area (Å²) in [6.07, 6.45) is -51.4. The van der Waals surface area contributed by atoms with E-state index in [9.17, 15) is 132 Å². The van der Waals surface area contributed by atoms with Gasteiger partial charge in [-0.1, -0.05) is 109 Å². The molecular formula is C86H118N4O39. The minimum atomic E-state index is -1.99. The summed E-state index contributed by atoms with van der Waals surface area (Å²) in [7, 11) is 0. The Hall–Kier alpha value is -7.16. The fourth-order valence-electron chi connectivity index (χ4n) is 17.8. The van der Waals surface area contributed by atoms with Crippen LogP contribution in [0.1, 0.15) is 87.5 Å². The molecular weight excluding hydrogens is 1710 g/mol. The van der Waals surface area contributed by atoms with Crippen molar-refractivity contribution in [3.63, 3.8) is 0 Å². The van der Waals surface area contributed by atoms with E-state index in [0.717, 1.165) is 33.4 Å². The van der Waals surface area contributed by atoms with E-state index >= 15 is 0 Å². The minimum absolute atomic E-state index is 0.0150. The Kier molecular flexibility index (Phi) is 34.7. The van der Waals surface area contributed by atoms with Crippen molar-refractivity contribution >= 4 is 23.8 Å². The van der Waals surface area contributed by atoms with Gasteiger partial charge in [-0.25, -0.2) is 0 Å². The van der Waals surface area contributed by atoms with E-state index in [1.54, 1.807) is 13.8 Å². The van der Waals surface area contributed by atoms with Gasteiger partial charge in [0.15, 0.2) is 31.4 Å². The number of hydrogen-bond donors (Lipinski definition) is 27. The maximum atomic E-state index is 12.9. The van der Waals surface area contributed by atoms with Crippen LogP contribution in [0.4, 0.5) is 0 Å². The Morgan fingerprint density at radius 3 is 1.03 bits per heavy atom. The number of nitrogens with one attached hydrogen (secondary N) is 3. The third kappa shape index (κ3) is 22.3. The van der Waals surface area contributed by atoms with Gasteiger partial charge < -0.3 is 196 Å². The van der Waals surface area contributed by atoms with E-state index < -0.39 is 283 Å². The summed E-state index contributed by atoms with van der Waals surface area (Å²) in [5, 5.41) is 248. The number of nitrogens with two attached hydrogens (primary N) is 1. The molecule has 38 atom stereocenters.